The van der Waals surface area contributed by atoms with Crippen molar-refractivity contribution in [1.82, 2.24) is 0 Å². The zero-order chi connectivity index (χ0) is 11.9. The second kappa shape index (κ2) is 4.25. The first-order valence-electron chi connectivity index (χ1n) is 6.11. The zero-order valence-electron chi connectivity index (χ0n) is 9.56. The summed E-state index contributed by atoms with van der Waals surface area (Å²) in [5.41, 5.74) is 0.863. The Balaban J connectivity index is 1.94. The van der Waals surface area contributed by atoms with Gasteiger partial charge in [-0.15, -0.1) is 0 Å². The van der Waals surface area contributed by atoms with E-state index in [4.69, 9.17) is 27.9 Å². The van der Waals surface area contributed by atoms with Gasteiger partial charge in [0, 0.05) is 5.02 Å². The molecule has 1 aliphatic carbocycles. The number of ether oxygens (including phenoxy) is 1. The first-order valence-corrected chi connectivity index (χ1v) is 6.86. The topological polar surface area (TPSA) is 21.3 Å². The fourth-order valence-corrected chi connectivity index (χ4v) is 3.31. The molecule has 92 valence electrons. The number of fused-ring (bicyclic) bond motifs is 1. The molecule has 1 fully saturated rings. The molecule has 1 spiro atoms. The van der Waals surface area contributed by atoms with Crippen LogP contribution in [0.4, 0.5) is 5.69 Å². The van der Waals surface area contributed by atoms with Crippen LogP contribution in [0.2, 0.25) is 10.0 Å². The lowest BCUT2D eigenvalue weighted by molar-refractivity contribution is 0.0370. The molecular formula is C13H15Cl2NO. The Hall–Kier alpha value is -0.600. The van der Waals surface area contributed by atoms with E-state index in [2.05, 4.69) is 5.32 Å². The standard InChI is InChI=1S/C13H15Cl2NO/c14-9-6-10(15)12-11(7-9)16-8-13(17-12)4-2-1-3-5-13/h6-7,16H,1-5,8H2. The van der Waals surface area contributed by atoms with E-state index in [1.165, 1.54) is 19.3 Å². The maximum absolute atomic E-state index is 6.20. The van der Waals surface area contributed by atoms with Crippen LogP contribution in [-0.4, -0.2) is 12.1 Å². The highest BCUT2D eigenvalue weighted by molar-refractivity contribution is 6.36. The van der Waals surface area contributed by atoms with Crippen molar-refractivity contribution in [3.63, 3.8) is 0 Å². The fraction of sp³-hybridized carbons (Fsp3) is 0.538. The summed E-state index contributed by atoms with van der Waals surface area (Å²) in [5.74, 6) is 0.768. The predicted molar refractivity (Wildman–Crippen MR) is 71.4 cm³/mol. The number of nitrogens with one attached hydrogen (secondary N) is 1. The summed E-state index contributed by atoms with van der Waals surface area (Å²) in [4.78, 5) is 0. The smallest absolute Gasteiger partial charge is 0.162 e. The van der Waals surface area contributed by atoms with E-state index >= 15 is 0 Å². The Morgan fingerprint density at radius 1 is 1.12 bits per heavy atom. The Bertz CT molecular complexity index is 441. The van der Waals surface area contributed by atoms with Gasteiger partial charge in [-0.2, -0.15) is 0 Å². The van der Waals surface area contributed by atoms with Gasteiger partial charge in [0.25, 0.3) is 0 Å². The highest BCUT2D eigenvalue weighted by Crippen LogP contribution is 2.44. The third-order valence-electron chi connectivity index (χ3n) is 3.69. The van der Waals surface area contributed by atoms with Gasteiger partial charge in [-0.25, -0.2) is 0 Å². The number of halogens is 2. The normalized spacial score (nSPS) is 21.5. The molecule has 1 saturated carbocycles. The molecule has 17 heavy (non-hydrogen) atoms. The molecule has 1 aromatic carbocycles. The molecule has 3 rings (SSSR count). The third kappa shape index (κ3) is 2.09. The number of anilines is 1. The molecule has 0 unspecified atom stereocenters. The van der Waals surface area contributed by atoms with Crippen molar-refractivity contribution < 1.29 is 4.74 Å². The maximum Gasteiger partial charge on any atom is 0.162 e. The van der Waals surface area contributed by atoms with Crippen molar-refractivity contribution >= 4 is 28.9 Å². The Labute approximate surface area is 111 Å². The minimum atomic E-state index is -0.0529. The fourth-order valence-electron chi connectivity index (χ4n) is 2.78. The first-order chi connectivity index (χ1) is 8.19. The predicted octanol–water partition coefficient (Wildman–Crippen LogP) is 4.50. The van der Waals surface area contributed by atoms with E-state index in [0.29, 0.717) is 10.0 Å². The molecule has 0 bridgehead atoms. The van der Waals surface area contributed by atoms with Gasteiger partial charge in [-0.1, -0.05) is 29.6 Å². The van der Waals surface area contributed by atoms with Crippen molar-refractivity contribution in [2.24, 2.45) is 0 Å². The van der Waals surface area contributed by atoms with Crippen LogP contribution in [0, 0.1) is 0 Å². The van der Waals surface area contributed by atoms with E-state index in [1.54, 1.807) is 6.07 Å². The molecule has 0 saturated heterocycles. The van der Waals surface area contributed by atoms with Gasteiger partial charge in [0.2, 0.25) is 0 Å². The number of rotatable bonds is 0. The quantitative estimate of drug-likeness (QED) is 0.750. The van der Waals surface area contributed by atoms with Crippen LogP contribution < -0.4 is 10.1 Å². The summed E-state index contributed by atoms with van der Waals surface area (Å²) in [7, 11) is 0. The summed E-state index contributed by atoms with van der Waals surface area (Å²) in [6.45, 7) is 0.858. The highest BCUT2D eigenvalue weighted by atomic mass is 35.5. The highest BCUT2D eigenvalue weighted by Gasteiger charge is 2.38. The van der Waals surface area contributed by atoms with Crippen molar-refractivity contribution in [3.8, 4) is 5.75 Å². The lowest BCUT2D eigenvalue weighted by atomic mass is 9.83. The van der Waals surface area contributed by atoms with Gasteiger partial charge in [0.1, 0.15) is 5.60 Å². The first kappa shape index (κ1) is 11.5. The van der Waals surface area contributed by atoms with Gasteiger partial charge in [0.15, 0.2) is 5.75 Å². The Kier molecular flexibility index (Phi) is 2.87. The Morgan fingerprint density at radius 3 is 2.65 bits per heavy atom. The molecule has 0 amide bonds. The molecule has 2 aliphatic rings. The van der Waals surface area contributed by atoms with Gasteiger partial charge < -0.3 is 10.1 Å². The molecule has 4 heteroatoms. The van der Waals surface area contributed by atoms with Crippen LogP contribution in [0.3, 0.4) is 0 Å². The largest absolute Gasteiger partial charge is 0.482 e. The minimum Gasteiger partial charge on any atom is -0.482 e. The summed E-state index contributed by atoms with van der Waals surface area (Å²) in [6.07, 6.45) is 6.01. The molecular weight excluding hydrogens is 257 g/mol. The summed E-state index contributed by atoms with van der Waals surface area (Å²) >= 11 is 12.2. The second-order valence-electron chi connectivity index (χ2n) is 4.96. The van der Waals surface area contributed by atoms with Crippen molar-refractivity contribution in [3.05, 3.63) is 22.2 Å². The van der Waals surface area contributed by atoms with Crippen LogP contribution in [0.1, 0.15) is 32.1 Å². The van der Waals surface area contributed by atoms with E-state index in [9.17, 15) is 0 Å². The van der Waals surface area contributed by atoms with Crippen LogP contribution in [0.5, 0.6) is 5.75 Å². The minimum absolute atomic E-state index is 0.0529. The monoisotopic (exact) mass is 271 g/mol. The van der Waals surface area contributed by atoms with Gasteiger partial charge in [-0.05, 0) is 37.8 Å². The average Bonchev–Trinajstić information content (AvgIpc) is 2.32. The van der Waals surface area contributed by atoms with Crippen LogP contribution in [-0.2, 0) is 0 Å². The maximum atomic E-state index is 6.20. The molecule has 1 aromatic rings. The van der Waals surface area contributed by atoms with Crippen LogP contribution in [0.15, 0.2) is 12.1 Å². The zero-order valence-corrected chi connectivity index (χ0v) is 11.1. The van der Waals surface area contributed by atoms with Crippen LogP contribution in [0.25, 0.3) is 0 Å². The second-order valence-corrected chi connectivity index (χ2v) is 5.81. The number of hydrogen-bond donors (Lipinski definition) is 1. The molecule has 1 N–H and O–H groups in total. The third-order valence-corrected chi connectivity index (χ3v) is 4.19. The van der Waals surface area contributed by atoms with E-state index in [1.807, 2.05) is 6.07 Å². The van der Waals surface area contributed by atoms with Crippen molar-refractivity contribution in [1.29, 1.82) is 0 Å². The molecule has 1 aliphatic heterocycles. The summed E-state index contributed by atoms with van der Waals surface area (Å²) < 4.78 is 6.19. The SMILES string of the molecule is Clc1cc(Cl)c2c(c1)NCC1(CCCCC1)O2. The Morgan fingerprint density at radius 2 is 1.88 bits per heavy atom. The molecule has 2 nitrogen and oxygen atoms in total. The lowest BCUT2D eigenvalue weighted by Crippen LogP contribution is -2.47. The molecule has 0 aromatic heterocycles. The lowest BCUT2D eigenvalue weighted by Gasteiger charge is -2.42. The van der Waals surface area contributed by atoms with E-state index in [-0.39, 0.29) is 5.60 Å². The van der Waals surface area contributed by atoms with Gasteiger partial charge >= 0.3 is 0 Å². The summed E-state index contributed by atoms with van der Waals surface area (Å²) in [5, 5.41) is 4.66. The van der Waals surface area contributed by atoms with E-state index in [0.717, 1.165) is 30.8 Å². The van der Waals surface area contributed by atoms with Gasteiger partial charge in [-0.3, -0.25) is 0 Å². The summed E-state index contributed by atoms with van der Waals surface area (Å²) in [6, 6.07) is 3.62. The molecule has 1 heterocycles. The number of hydrogen-bond acceptors (Lipinski definition) is 2. The van der Waals surface area contributed by atoms with Crippen molar-refractivity contribution in [2.45, 2.75) is 37.7 Å². The van der Waals surface area contributed by atoms with Crippen molar-refractivity contribution in [2.75, 3.05) is 11.9 Å². The average molecular weight is 272 g/mol. The number of benzene rings is 1. The molecule has 0 radical (unpaired) electrons. The van der Waals surface area contributed by atoms with Gasteiger partial charge in [0.05, 0.1) is 17.3 Å². The van der Waals surface area contributed by atoms with Crippen LogP contribution >= 0.6 is 23.2 Å². The molecule has 0 atom stereocenters. The van der Waals surface area contributed by atoms with E-state index < -0.39 is 0 Å².